The van der Waals surface area contributed by atoms with Gasteiger partial charge < -0.3 is 14.9 Å². The molecule has 1 saturated heterocycles. The summed E-state index contributed by atoms with van der Waals surface area (Å²) in [5.74, 6) is -0.877. The van der Waals surface area contributed by atoms with Gasteiger partial charge in [-0.3, -0.25) is 0 Å². The van der Waals surface area contributed by atoms with E-state index in [0.29, 0.717) is 12.0 Å². The molecule has 37 heavy (non-hydrogen) atoms. The summed E-state index contributed by atoms with van der Waals surface area (Å²) in [7, 11) is 0. The number of aliphatic carboxylic acids is 1. The van der Waals surface area contributed by atoms with Crippen LogP contribution in [-0.2, 0) is 4.79 Å². The molecule has 1 aliphatic rings. The third kappa shape index (κ3) is 5.96. The quantitative estimate of drug-likeness (QED) is 0.212. The van der Waals surface area contributed by atoms with Crippen LogP contribution in [0.1, 0.15) is 49.4 Å². The molecule has 1 fully saturated rings. The fourth-order valence-electron chi connectivity index (χ4n) is 5.01. The number of rotatable bonds is 7. The van der Waals surface area contributed by atoms with E-state index in [1.165, 1.54) is 16.8 Å². The van der Waals surface area contributed by atoms with Gasteiger partial charge in [0.05, 0.1) is 5.57 Å². The van der Waals surface area contributed by atoms with Crippen LogP contribution in [0.5, 0.6) is 0 Å². The Kier molecular flexibility index (Phi) is 8.17. The standard InChI is InChI=1S/C33H38N2O2/c1-6-25(4)31(33(36)37)32(26(5)27-14-10-23(2)11-15-27)28-8-7-9-30(22-28)35-20-18-34(19-21-35)29-16-12-24(3)13-17-29/h7-17,22H,6,18-21H2,1-5H3,(H,36,37)/b31-25+,32-26+. The van der Waals surface area contributed by atoms with Crippen molar-refractivity contribution in [1.29, 1.82) is 0 Å². The molecule has 3 aromatic rings. The van der Waals surface area contributed by atoms with Gasteiger partial charge in [0.15, 0.2) is 0 Å². The van der Waals surface area contributed by atoms with E-state index in [-0.39, 0.29) is 0 Å². The molecule has 0 radical (unpaired) electrons. The number of carbonyl (C=O) groups is 1. The van der Waals surface area contributed by atoms with Crippen LogP contribution in [0.4, 0.5) is 11.4 Å². The van der Waals surface area contributed by atoms with Crippen molar-refractivity contribution in [3.8, 4) is 0 Å². The second kappa shape index (κ2) is 11.5. The molecule has 0 aromatic heterocycles. The van der Waals surface area contributed by atoms with Crippen molar-refractivity contribution in [2.45, 2.75) is 41.0 Å². The summed E-state index contributed by atoms with van der Waals surface area (Å²) in [5.41, 5.74) is 9.91. The second-order valence-corrected chi connectivity index (χ2v) is 10.0. The number of allylic oxidation sites excluding steroid dienone is 2. The summed E-state index contributed by atoms with van der Waals surface area (Å²) in [4.78, 5) is 17.4. The van der Waals surface area contributed by atoms with Gasteiger partial charge in [0.25, 0.3) is 0 Å². The molecular weight excluding hydrogens is 456 g/mol. The fourth-order valence-corrected chi connectivity index (χ4v) is 5.01. The van der Waals surface area contributed by atoms with Crippen molar-refractivity contribution >= 4 is 28.5 Å². The highest BCUT2D eigenvalue weighted by molar-refractivity contribution is 6.13. The van der Waals surface area contributed by atoms with Gasteiger partial charge in [-0.15, -0.1) is 0 Å². The molecule has 4 nitrogen and oxygen atoms in total. The normalized spacial score (nSPS) is 15.3. The van der Waals surface area contributed by atoms with Crippen molar-refractivity contribution in [2.75, 3.05) is 36.0 Å². The molecule has 0 unspecified atom stereocenters. The van der Waals surface area contributed by atoms with Crippen LogP contribution in [0, 0.1) is 13.8 Å². The Bertz CT molecular complexity index is 1310. The van der Waals surface area contributed by atoms with E-state index >= 15 is 0 Å². The van der Waals surface area contributed by atoms with E-state index < -0.39 is 5.97 Å². The number of anilines is 2. The fraction of sp³-hybridized carbons (Fsp3) is 0.303. The Balaban J connectivity index is 1.70. The van der Waals surface area contributed by atoms with Crippen molar-refractivity contribution in [3.63, 3.8) is 0 Å². The number of aryl methyl sites for hydroxylation is 2. The summed E-state index contributed by atoms with van der Waals surface area (Å²) in [6, 6.07) is 25.5. The summed E-state index contributed by atoms with van der Waals surface area (Å²) in [6.45, 7) is 13.9. The highest BCUT2D eigenvalue weighted by atomic mass is 16.4. The van der Waals surface area contributed by atoms with Gasteiger partial charge in [-0.1, -0.05) is 72.2 Å². The van der Waals surface area contributed by atoms with E-state index in [1.54, 1.807) is 0 Å². The lowest BCUT2D eigenvalue weighted by Gasteiger charge is -2.37. The Hall–Kier alpha value is -3.79. The van der Waals surface area contributed by atoms with Crippen molar-refractivity contribution < 1.29 is 9.90 Å². The SMILES string of the molecule is CC/C(C)=C(C(=O)O)\C(=C(/C)c1ccc(C)cc1)c1cccc(N2CCN(c3ccc(C)cc3)CC2)c1. The first-order chi connectivity index (χ1) is 17.8. The number of carboxylic acids is 1. The van der Waals surface area contributed by atoms with Crippen LogP contribution in [0.3, 0.4) is 0 Å². The molecule has 4 heteroatoms. The first kappa shape index (κ1) is 26.3. The molecular formula is C33H38N2O2. The Morgan fingerprint density at radius 1 is 0.757 bits per heavy atom. The minimum absolute atomic E-state index is 0.405. The van der Waals surface area contributed by atoms with Crippen LogP contribution in [-0.4, -0.2) is 37.3 Å². The van der Waals surface area contributed by atoms with Crippen LogP contribution in [0.15, 0.2) is 83.9 Å². The lowest BCUT2D eigenvalue weighted by atomic mass is 9.87. The third-order valence-electron chi connectivity index (χ3n) is 7.46. The maximum absolute atomic E-state index is 12.6. The number of benzene rings is 3. The highest BCUT2D eigenvalue weighted by Crippen LogP contribution is 2.36. The Morgan fingerprint density at radius 3 is 1.84 bits per heavy atom. The third-order valence-corrected chi connectivity index (χ3v) is 7.46. The van der Waals surface area contributed by atoms with Gasteiger partial charge in [-0.2, -0.15) is 0 Å². The number of nitrogens with zero attached hydrogens (tertiary/aromatic N) is 2. The largest absolute Gasteiger partial charge is 0.478 e. The van der Waals surface area contributed by atoms with Gasteiger partial charge in [0.1, 0.15) is 0 Å². The predicted molar refractivity (Wildman–Crippen MR) is 156 cm³/mol. The zero-order valence-corrected chi connectivity index (χ0v) is 22.7. The van der Waals surface area contributed by atoms with E-state index in [4.69, 9.17) is 0 Å². The molecule has 0 spiro atoms. The smallest absolute Gasteiger partial charge is 0.336 e. The summed E-state index contributed by atoms with van der Waals surface area (Å²) in [5, 5.41) is 10.3. The molecule has 3 aromatic carbocycles. The van der Waals surface area contributed by atoms with Gasteiger partial charge in [0.2, 0.25) is 0 Å². The number of piperazine rings is 1. The molecule has 1 N–H and O–H groups in total. The van der Waals surface area contributed by atoms with Crippen LogP contribution < -0.4 is 9.80 Å². The minimum atomic E-state index is -0.877. The number of carboxylic acid groups (broad SMARTS) is 1. The minimum Gasteiger partial charge on any atom is -0.478 e. The van der Waals surface area contributed by atoms with E-state index in [0.717, 1.165) is 59.7 Å². The Morgan fingerprint density at radius 2 is 1.30 bits per heavy atom. The molecule has 0 bridgehead atoms. The zero-order valence-electron chi connectivity index (χ0n) is 22.7. The summed E-state index contributed by atoms with van der Waals surface area (Å²) in [6.07, 6.45) is 0.687. The van der Waals surface area contributed by atoms with Crippen LogP contribution in [0.2, 0.25) is 0 Å². The Labute approximate surface area is 221 Å². The van der Waals surface area contributed by atoms with E-state index in [2.05, 4.69) is 90.4 Å². The van der Waals surface area contributed by atoms with Crippen molar-refractivity contribution in [2.24, 2.45) is 0 Å². The van der Waals surface area contributed by atoms with Crippen molar-refractivity contribution in [3.05, 3.63) is 106 Å². The number of hydrogen-bond acceptors (Lipinski definition) is 3. The molecule has 0 aliphatic carbocycles. The molecule has 0 amide bonds. The van der Waals surface area contributed by atoms with Crippen LogP contribution in [0.25, 0.3) is 11.1 Å². The van der Waals surface area contributed by atoms with Gasteiger partial charge in [-0.05, 0) is 80.7 Å². The highest BCUT2D eigenvalue weighted by Gasteiger charge is 2.23. The average molecular weight is 495 g/mol. The number of hydrogen-bond donors (Lipinski definition) is 1. The molecule has 4 rings (SSSR count). The molecule has 1 heterocycles. The van der Waals surface area contributed by atoms with Gasteiger partial charge >= 0.3 is 5.97 Å². The van der Waals surface area contributed by atoms with Crippen molar-refractivity contribution in [1.82, 2.24) is 0 Å². The molecule has 1 aliphatic heterocycles. The molecule has 0 saturated carbocycles. The zero-order chi connectivity index (χ0) is 26.5. The monoisotopic (exact) mass is 494 g/mol. The first-order valence-electron chi connectivity index (χ1n) is 13.2. The van der Waals surface area contributed by atoms with Gasteiger partial charge in [-0.25, -0.2) is 4.79 Å². The summed E-state index contributed by atoms with van der Waals surface area (Å²) >= 11 is 0. The topological polar surface area (TPSA) is 43.8 Å². The average Bonchev–Trinajstić information content (AvgIpc) is 2.91. The van der Waals surface area contributed by atoms with E-state index in [1.807, 2.05) is 26.8 Å². The lowest BCUT2D eigenvalue weighted by molar-refractivity contribution is -0.132. The first-order valence-corrected chi connectivity index (χ1v) is 13.2. The summed E-state index contributed by atoms with van der Waals surface area (Å²) < 4.78 is 0. The van der Waals surface area contributed by atoms with E-state index in [9.17, 15) is 9.90 Å². The maximum Gasteiger partial charge on any atom is 0.336 e. The molecule has 192 valence electrons. The van der Waals surface area contributed by atoms with Crippen LogP contribution >= 0.6 is 0 Å². The second-order valence-electron chi connectivity index (χ2n) is 10.0. The predicted octanol–water partition coefficient (Wildman–Crippen LogP) is 7.37. The molecule has 0 atom stereocenters. The maximum atomic E-state index is 12.6. The lowest BCUT2D eigenvalue weighted by Crippen LogP contribution is -2.46. The van der Waals surface area contributed by atoms with Gasteiger partial charge in [0, 0.05) is 37.6 Å².